The smallest absolute Gasteiger partial charge is 0.137 e. The summed E-state index contributed by atoms with van der Waals surface area (Å²) in [6.07, 6.45) is 0. The molecule has 2 aromatic heterocycles. The molecule has 0 saturated carbocycles. The molecule has 0 saturated heterocycles. The van der Waals surface area contributed by atoms with Gasteiger partial charge in [0.1, 0.15) is 11.2 Å². The molecule has 2 nitrogen and oxygen atoms in total. The first-order valence-electron chi connectivity index (χ1n) is 8.78. The summed E-state index contributed by atoms with van der Waals surface area (Å²) in [6.45, 7) is 6.78. The van der Waals surface area contributed by atoms with Gasteiger partial charge in [0.2, 0.25) is 0 Å². The predicted molar refractivity (Wildman–Crippen MR) is 106 cm³/mol. The summed E-state index contributed by atoms with van der Waals surface area (Å²) in [5, 5.41) is 5.05. The molecule has 0 unspecified atom stereocenters. The normalized spacial score (nSPS) is 12.8. The van der Waals surface area contributed by atoms with Gasteiger partial charge < -0.3 is 8.98 Å². The van der Waals surface area contributed by atoms with Crippen LogP contribution in [0.1, 0.15) is 26.3 Å². The number of rotatable bonds is 0. The molecule has 3 aromatic carbocycles. The molecule has 0 N–H and O–H groups in total. The molecule has 0 aliphatic carbocycles. The Balaban J connectivity index is 2.02. The number of nitrogens with zero attached hydrogens (tertiary/aromatic N) is 1. The monoisotopic (exact) mass is 327 g/mol. The van der Waals surface area contributed by atoms with Crippen LogP contribution in [0.25, 0.3) is 43.7 Å². The molecular weight excluding hydrogens is 306 g/mol. The van der Waals surface area contributed by atoms with E-state index in [1.807, 2.05) is 0 Å². The lowest BCUT2D eigenvalue weighted by atomic mass is 9.84. The van der Waals surface area contributed by atoms with Crippen molar-refractivity contribution in [3.05, 3.63) is 60.2 Å². The lowest BCUT2D eigenvalue weighted by molar-refractivity contribution is 0.594. The maximum absolute atomic E-state index is 6.23. The van der Waals surface area contributed by atoms with E-state index < -0.39 is 0 Å². The van der Waals surface area contributed by atoms with Gasteiger partial charge in [-0.2, -0.15) is 0 Å². The molecule has 5 aromatic rings. The Hall–Kier alpha value is -2.74. The van der Waals surface area contributed by atoms with Gasteiger partial charge in [-0.05, 0) is 29.2 Å². The second-order valence-corrected chi connectivity index (χ2v) is 7.97. The van der Waals surface area contributed by atoms with Crippen LogP contribution in [0.4, 0.5) is 0 Å². The highest BCUT2D eigenvalue weighted by molar-refractivity contribution is 6.17. The Morgan fingerprint density at radius 2 is 1.56 bits per heavy atom. The maximum Gasteiger partial charge on any atom is 0.137 e. The third-order valence-electron chi connectivity index (χ3n) is 5.34. The maximum atomic E-state index is 6.23. The Bertz CT molecular complexity index is 1280. The van der Waals surface area contributed by atoms with Crippen molar-refractivity contribution in [2.45, 2.75) is 26.2 Å². The molecule has 0 atom stereocenters. The van der Waals surface area contributed by atoms with Crippen LogP contribution < -0.4 is 0 Å². The molecule has 2 heterocycles. The summed E-state index contributed by atoms with van der Waals surface area (Å²) >= 11 is 0. The predicted octanol–water partition coefficient (Wildman–Crippen LogP) is 6.53. The number of benzene rings is 3. The molecule has 124 valence electrons. The molecule has 0 aliphatic rings. The number of aryl methyl sites for hydroxylation is 1. The van der Waals surface area contributed by atoms with E-state index in [1.54, 1.807) is 0 Å². The summed E-state index contributed by atoms with van der Waals surface area (Å²) in [6, 6.07) is 19.5. The highest BCUT2D eigenvalue weighted by Gasteiger charge is 2.21. The van der Waals surface area contributed by atoms with Gasteiger partial charge in [0, 0.05) is 40.2 Å². The Kier molecular flexibility index (Phi) is 2.72. The number of fused-ring (bicyclic) bond motifs is 6. The van der Waals surface area contributed by atoms with Crippen molar-refractivity contribution in [2.24, 2.45) is 7.05 Å². The molecule has 0 spiro atoms. The van der Waals surface area contributed by atoms with Gasteiger partial charge >= 0.3 is 0 Å². The van der Waals surface area contributed by atoms with E-state index in [1.165, 1.54) is 38.1 Å². The van der Waals surface area contributed by atoms with E-state index in [-0.39, 0.29) is 5.41 Å². The fourth-order valence-electron chi connectivity index (χ4n) is 4.10. The fraction of sp³-hybridized carbons (Fsp3) is 0.217. The summed E-state index contributed by atoms with van der Waals surface area (Å²) in [4.78, 5) is 0. The molecular formula is C23H21NO. The van der Waals surface area contributed by atoms with Crippen LogP contribution >= 0.6 is 0 Å². The SMILES string of the molecule is Cn1c2ccccc2c2cc3c(cc21)oc1cccc(C(C)(C)C)c13. The zero-order valence-corrected chi connectivity index (χ0v) is 15.1. The molecule has 0 fully saturated rings. The van der Waals surface area contributed by atoms with E-state index >= 15 is 0 Å². The molecule has 2 heteroatoms. The van der Waals surface area contributed by atoms with E-state index in [9.17, 15) is 0 Å². The van der Waals surface area contributed by atoms with Crippen LogP contribution in [-0.2, 0) is 12.5 Å². The quantitative estimate of drug-likeness (QED) is 0.316. The summed E-state index contributed by atoms with van der Waals surface area (Å²) in [5.74, 6) is 0. The van der Waals surface area contributed by atoms with Gasteiger partial charge in [0.15, 0.2) is 0 Å². The fourth-order valence-corrected chi connectivity index (χ4v) is 4.10. The van der Waals surface area contributed by atoms with Gasteiger partial charge in [-0.1, -0.05) is 51.1 Å². The van der Waals surface area contributed by atoms with Crippen molar-refractivity contribution in [1.82, 2.24) is 4.57 Å². The Morgan fingerprint density at radius 1 is 0.760 bits per heavy atom. The second kappa shape index (κ2) is 4.66. The van der Waals surface area contributed by atoms with Crippen LogP contribution in [0.2, 0.25) is 0 Å². The van der Waals surface area contributed by atoms with E-state index in [0.717, 1.165) is 11.2 Å². The molecule has 5 rings (SSSR count). The first kappa shape index (κ1) is 14.6. The van der Waals surface area contributed by atoms with Crippen LogP contribution in [-0.4, -0.2) is 4.57 Å². The molecule has 25 heavy (non-hydrogen) atoms. The zero-order chi connectivity index (χ0) is 17.3. The second-order valence-electron chi connectivity index (χ2n) is 7.97. The van der Waals surface area contributed by atoms with E-state index in [2.05, 4.69) is 87.0 Å². The highest BCUT2D eigenvalue weighted by Crippen LogP contribution is 2.40. The van der Waals surface area contributed by atoms with Gasteiger partial charge in [-0.3, -0.25) is 0 Å². The van der Waals surface area contributed by atoms with Crippen molar-refractivity contribution in [3.63, 3.8) is 0 Å². The van der Waals surface area contributed by atoms with Gasteiger partial charge in [-0.15, -0.1) is 0 Å². The van der Waals surface area contributed by atoms with Crippen LogP contribution in [0, 0.1) is 0 Å². The van der Waals surface area contributed by atoms with Gasteiger partial charge in [-0.25, -0.2) is 0 Å². The first-order valence-corrected chi connectivity index (χ1v) is 8.78. The van der Waals surface area contributed by atoms with Crippen molar-refractivity contribution < 1.29 is 4.42 Å². The van der Waals surface area contributed by atoms with Gasteiger partial charge in [0.05, 0.1) is 5.52 Å². The Labute approximate surface area is 146 Å². The average Bonchev–Trinajstić information content (AvgIpc) is 3.08. The summed E-state index contributed by atoms with van der Waals surface area (Å²) in [5.41, 5.74) is 5.82. The number of hydrogen-bond acceptors (Lipinski definition) is 1. The third-order valence-corrected chi connectivity index (χ3v) is 5.34. The Morgan fingerprint density at radius 3 is 2.36 bits per heavy atom. The molecule has 0 radical (unpaired) electrons. The van der Waals surface area contributed by atoms with E-state index in [4.69, 9.17) is 4.42 Å². The molecule has 0 aliphatic heterocycles. The van der Waals surface area contributed by atoms with Crippen LogP contribution in [0.15, 0.2) is 59.0 Å². The van der Waals surface area contributed by atoms with Crippen molar-refractivity contribution in [2.75, 3.05) is 0 Å². The highest BCUT2D eigenvalue weighted by atomic mass is 16.3. The standard InChI is InChI=1S/C23H21NO/c1-23(2,3)17-9-7-11-20-22(17)16-12-15-14-8-5-6-10-18(14)24(4)19(15)13-21(16)25-20/h5-13H,1-4H3. The minimum absolute atomic E-state index is 0.0734. The summed E-state index contributed by atoms with van der Waals surface area (Å²) in [7, 11) is 2.12. The topological polar surface area (TPSA) is 18.1 Å². The minimum Gasteiger partial charge on any atom is -0.456 e. The molecule has 0 bridgehead atoms. The first-order chi connectivity index (χ1) is 11.9. The zero-order valence-electron chi connectivity index (χ0n) is 15.1. The number of aromatic nitrogens is 1. The van der Waals surface area contributed by atoms with E-state index in [0.29, 0.717) is 0 Å². The molecule has 0 amide bonds. The lowest BCUT2D eigenvalue weighted by Crippen LogP contribution is -2.11. The largest absolute Gasteiger partial charge is 0.456 e. The van der Waals surface area contributed by atoms with Crippen molar-refractivity contribution in [3.8, 4) is 0 Å². The lowest BCUT2D eigenvalue weighted by Gasteiger charge is -2.19. The summed E-state index contributed by atoms with van der Waals surface area (Å²) < 4.78 is 8.49. The number of para-hydroxylation sites is 1. The minimum atomic E-state index is 0.0734. The van der Waals surface area contributed by atoms with Crippen molar-refractivity contribution in [1.29, 1.82) is 0 Å². The average molecular weight is 327 g/mol. The van der Waals surface area contributed by atoms with Crippen molar-refractivity contribution >= 4 is 43.7 Å². The third kappa shape index (κ3) is 1.91. The van der Waals surface area contributed by atoms with Gasteiger partial charge in [0.25, 0.3) is 0 Å². The number of furan rings is 1. The van der Waals surface area contributed by atoms with Crippen LogP contribution in [0.5, 0.6) is 0 Å². The number of hydrogen-bond donors (Lipinski definition) is 0. The van der Waals surface area contributed by atoms with Crippen LogP contribution in [0.3, 0.4) is 0 Å².